The van der Waals surface area contributed by atoms with Gasteiger partial charge in [-0.25, -0.2) is 9.07 Å². The van der Waals surface area contributed by atoms with Crippen LogP contribution in [0, 0.1) is 5.82 Å². The Hall–Kier alpha value is -2.21. The fourth-order valence-electron chi connectivity index (χ4n) is 1.71. The van der Waals surface area contributed by atoms with Gasteiger partial charge in [-0.2, -0.15) is 5.10 Å². The van der Waals surface area contributed by atoms with Crippen LogP contribution in [0.25, 0.3) is 5.69 Å². The third-order valence-corrected chi connectivity index (χ3v) is 3.15. The minimum atomic E-state index is -0.410. The molecule has 20 heavy (non-hydrogen) atoms. The highest BCUT2D eigenvalue weighted by Crippen LogP contribution is 2.13. The number of para-hydroxylation sites is 1. The van der Waals surface area contributed by atoms with Crippen LogP contribution in [0.5, 0.6) is 0 Å². The van der Waals surface area contributed by atoms with Crippen molar-refractivity contribution in [3.05, 3.63) is 48.0 Å². The molecule has 1 aromatic carbocycles. The summed E-state index contributed by atoms with van der Waals surface area (Å²) < 4.78 is 15.0. The van der Waals surface area contributed by atoms with E-state index in [-0.39, 0.29) is 29.9 Å². The second-order valence-electron chi connectivity index (χ2n) is 4.54. The Bertz CT molecular complexity index is 612. The maximum absolute atomic E-state index is 13.6. The van der Waals surface area contributed by atoms with Gasteiger partial charge in [0.2, 0.25) is 0 Å². The Morgan fingerprint density at radius 3 is 2.80 bits per heavy atom. The third-order valence-electron chi connectivity index (χ3n) is 3.15. The normalized spacial score (nSPS) is 12.2. The van der Waals surface area contributed by atoms with Gasteiger partial charge >= 0.3 is 0 Å². The molecule has 0 aliphatic rings. The second kappa shape index (κ2) is 5.83. The molecule has 0 bridgehead atoms. The zero-order valence-electron chi connectivity index (χ0n) is 11.3. The fourth-order valence-corrected chi connectivity index (χ4v) is 1.71. The minimum absolute atomic E-state index is 0.129. The summed E-state index contributed by atoms with van der Waals surface area (Å²) in [7, 11) is 1.59. The molecule has 1 heterocycles. The average molecular weight is 277 g/mol. The van der Waals surface area contributed by atoms with E-state index in [1.54, 1.807) is 32.2 Å². The van der Waals surface area contributed by atoms with E-state index >= 15 is 0 Å². The monoisotopic (exact) mass is 277 g/mol. The number of aliphatic hydroxyl groups excluding tert-OH is 1. The van der Waals surface area contributed by atoms with Gasteiger partial charge in [0.25, 0.3) is 5.91 Å². The minimum Gasteiger partial charge on any atom is -0.394 e. The van der Waals surface area contributed by atoms with Crippen LogP contribution in [-0.4, -0.2) is 45.4 Å². The zero-order valence-corrected chi connectivity index (χ0v) is 11.3. The highest BCUT2D eigenvalue weighted by Gasteiger charge is 2.19. The first-order valence-electron chi connectivity index (χ1n) is 6.23. The molecule has 1 aromatic heterocycles. The summed E-state index contributed by atoms with van der Waals surface area (Å²) in [6, 6.07) is 7.41. The van der Waals surface area contributed by atoms with Crippen LogP contribution in [0.3, 0.4) is 0 Å². The molecule has 0 spiro atoms. The number of aromatic nitrogens is 2. The van der Waals surface area contributed by atoms with Crippen molar-refractivity contribution in [3.63, 3.8) is 0 Å². The van der Waals surface area contributed by atoms with E-state index in [0.29, 0.717) is 0 Å². The topological polar surface area (TPSA) is 58.4 Å². The summed E-state index contributed by atoms with van der Waals surface area (Å²) in [5.41, 5.74) is 0.487. The molecule has 1 atom stereocenters. The number of nitrogens with zero attached hydrogens (tertiary/aromatic N) is 3. The predicted molar refractivity (Wildman–Crippen MR) is 72.2 cm³/mol. The number of halogens is 1. The molecule has 106 valence electrons. The van der Waals surface area contributed by atoms with E-state index in [0.717, 1.165) is 0 Å². The van der Waals surface area contributed by atoms with Gasteiger partial charge in [-0.3, -0.25) is 4.79 Å². The maximum Gasteiger partial charge on any atom is 0.274 e. The van der Waals surface area contributed by atoms with Gasteiger partial charge in [0.15, 0.2) is 5.69 Å². The Labute approximate surface area is 116 Å². The Morgan fingerprint density at radius 2 is 2.15 bits per heavy atom. The first-order valence-corrected chi connectivity index (χ1v) is 6.23. The maximum atomic E-state index is 13.6. The summed E-state index contributed by atoms with van der Waals surface area (Å²) in [4.78, 5) is 13.5. The molecule has 2 rings (SSSR count). The van der Waals surface area contributed by atoms with Crippen LogP contribution in [0.1, 0.15) is 17.4 Å². The lowest BCUT2D eigenvalue weighted by atomic mass is 10.3. The van der Waals surface area contributed by atoms with Crippen LogP contribution >= 0.6 is 0 Å². The average Bonchev–Trinajstić information content (AvgIpc) is 2.94. The van der Waals surface area contributed by atoms with Crippen LogP contribution in [0.15, 0.2) is 36.5 Å². The third kappa shape index (κ3) is 2.70. The van der Waals surface area contributed by atoms with Gasteiger partial charge in [0.05, 0.1) is 12.6 Å². The first-order chi connectivity index (χ1) is 9.54. The standard InChI is InChI=1S/C14H16FN3O2/c1-10(9-19)17(2)14(20)12-7-8-18(16-12)13-6-4-3-5-11(13)15/h3-8,10,19H,9H2,1-2H3/t10-/m0/s1. The largest absolute Gasteiger partial charge is 0.394 e. The molecule has 0 radical (unpaired) electrons. The summed E-state index contributed by atoms with van der Waals surface area (Å²) in [6.07, 6.45) is 1.53. The highest BCUT2D eigenvalue weighted by atomic mass is 19.1. The van der Waals surface area contributed by atoms with E-state index in [9.17, 15) is 9.18 Å². The smallest absolute Gasteiger partial charge is 0.274 e. The molecular weight excluding hydrogens is 261 g/mol. The lowest BCUT2D eigenvalue weighted by molar-refractivity contribution is 0.0676. The van der Waals surface area contributed by atoms with Crippen molar-refractivity contribution in [3.8, 4) is 5.69 Å². The van der Waals surface area contributed by atoms with Crippen molar-refractivity contribution in [1.29, 1.82) is 0 Å². The molecule has 1 N–H and O–H groups in total. The SMILES string of the molecule is C[C@@H](CO)N(C)C(=O)c1ccn(-c2ccccc2F)n1. The van der Waals surface area contributed by atoms with Crippen molar-refractivity contribution in [2.45, 2.75) is 13.0 Å². The molecule has 0 aliphatic carbocycles. The van der Waals surface area contributed by atoms with Crippen LogP contribution < -0.4 is 0 Å². The van der Waals surface area contributed by atoms with E-state index < -0.39 is 5.82 Å². The summed E-state index contributed by atoms with van der Waals surface area (Å²) in [5, 5.41) is 13.1. The molecule has 6 heteroatoms. The number of carbonyl (C=O) groups excluding carboxylic acids is 1. The quantitative estimate of drug-likeness (QED) is 0.920. The van der Waals surface area contributed by atoms with Crippen LogP contribution in [-0.2, 0) is 0 Å². The molecule has 0 unspecified atom stereocenters. The number of likely N-dealkylation sites (N-methyl/N-ethyl adjacent to an activating group) is 1. The van der Waals surface area contributed by atoms with Gasteiger partial charge in [-0.15, -0.1) is 0 Å². The number of benzene rings is 1. The summed E-state index contributed by atoms with van der Waals surface area (Å²) in [6.45, 7) is 1.60. The molecule has 2 aromatic rings. The van der Waals surface area contributed by atoms with Crippen molar-refractivity contribution >= 4 is 5.91 Å². The molecular formula is C14H16FN3O2. The van der Waals surface area contributed by atoms with Gasteiger partial charge in [0, 0.05) is 13.2 Å². The van der Waals surface area contributed by atoms with E-state index in [1.165, 1.54) is 27.9 Å². The summed E-state index contributed by atoms with van der Waals surface area (Å²) in [5.74, 6) is -0.728. The van der Waals surface area contributed by atoms with Gasteiger partial charge < -0.3 is 10.0 Å². The van der Waals surface area contributed by atoms with E-state index in [4.69, 9.17) is 5.11 Å². The number of amides is 1. The van der Waals surface area contributed by atoms with E-state index in [1.807, 2.05) is 0 Å². The Morgan fingerprint density at radius 1 is 1.45 bits per heavy atom. The van der Waals surface area contributed by atoms with E-state index in [2.05, 4.69) is 5.10 Å². The molecule has 0 aliphatic heterocycles. The Balaban J connectivity index is 2.26. The zero-order chi connectivity index (χ0) is 14.7. The van der Waals surface area contributed by atoms with Gasteiger partial charge in [0.1, 0.15) is 11.5 Å². The molecule has 1 amide bonds. The van der Waals surface area contributed by atoms with Crippen LogP contribution in [0.4, 0.5) is 4.39 Å². The van der Waals surface area contributed by atoms with Gasteiger partial charge in [-0.1, -0.05) is 12.1 Å². The lowest BCUT2D eigenvalue weighted by Crippen LogP contribution is -2.37. The number of rotatable bonds is 4. The van der Waals surface area contributed by atoms with Crippen molar-refractivity contribution < 1.29 is 14.3 Å². The molecule has 0 fully saturated rings. The van der Waals surface area contributed by atoms with Crippen molar-refractivity contribution in [2.75, 3.05) is 13.7 Å². The lowest BCUT2D eigenvalue weighted by Gasteiger charge is -2.21. The predicted octanol–water partition coefficient (Wildman–Crippen LogP) is 1.46. The number of hydrogen-bond donors (Lipinski definition) is 1. The number of carbonyl (C=O) groups is 1. The molecule has 0 saturated heterocycles. The van der Waals surface area contributed by atoms with Crippen molar-refractivity contribution in [2.24, 2.45) is 0 Å². The fraction of sp³-hybridized carbons (Fsp3) is 0.286. The number of hydrogen-bond acceptors (Lipinski definition) is 3. The van der Waals surface area contributed by atoms with Gasteiger partial charge in [-0.05, 0) is 25.1 Å². The van der Waals surface area contributed by atoms with Crippen molar-refractivity contribution in [1.82, 2.24) is 14.7 Å². The molecule has 5 nitrogen and oxygen atoms in total. The number of aliphatic hydroxyl groups is 1. The first kappa shape index (κ1) is 14.2. The summed E-state index contributed by atoms with van der Waals surface area (Å²) >= 11 is 0. The highest BCUT2D eigenvalue weighted by molar-refractivity contribution is 5.92. The molecule has 0 saturated carbocycles. The van der Waals surface area contributed by atoms with Crippen LogP contribution in [0.2, 0.25) is 0 Å². The Kier molecular flexibility index (Phi) is 4.14. The second-order valence-corrected chi connectivity index (χ2v) is 4.54.